The monoisotopic (exact) mass is 573 g/mol. The summed E-state index contributed by atoms with van der Waals surface area (Å²) < 4.78 is 68.0. The number of anilines is 3. The molecule has 0 bridgehead atoms. The molecule has 2 aromatic heterocycles. The van der Waals surface area contributed by atoms with Crippen molar-refractivity contribution < 1.29 is 36.6 Å². The lowest BCUT2D eigenvalue weighted by atomic mass is 10.1. The first-order chi connectivity index (χ1) is 18.4. The predicted molar refractivity (Wildman–Crippen MR) is 134 cm³/mol. The molecule has 16 heteroatoms. The van der Waals surface area contributed by atoms with E-state index in [2.05, 4.69) is 20.7 Å². The van der Waals surface area contributed by atoms with E-state index in [1.165, 1.54) is 10.9 Å². The normalized spacial score (nSPS) is 16.2. The molecule has 3 aromatic rings. The fourth-order valence-corrected chi connectivity index (χ4v) is 5.31. The fourth-order valence-electron chi connectivity index (χ4n) is 4.31. The molecule has 39 heavy (non-hydrogen) atoms. The maximum absolute atomic E-state index is 14.3. The first kappa shape index (κ1) is 28.2. The van der Waals surface area contributed by atoms with Crippen LogP contribution in [0, 0.1) is 11.6 Å². The molecule has 0 radical (unpaired) electrons. The highest BCUT2D eigenvalue weighted by atomic mass is 32.1. The second-order valence-corrected chi connectivity index (χ2v) is 9.79. The van der Waals surface area contributed by atoms with E-state index in [0.717, 1.165) is 18.2 Å². The van der Waals surface area contributed by atoms with Gasteiger partial charge in [-0.15, -0.1) is 0 Å². The average Bonchev–Trinajstić information content (AvgIpc) is 3.32. The summed E-state index contributed by atoms with van der Waals surface area (Å²) in [6, 6.07) is 2.85. The van der Waals surface area contributed by atoms with E-state index in [1.807, 2.05) is 10.2 Å². The molecule has 3 heterocycles. The van der Waals surface area contributed by atoms with Gasteiger partial charge in [-0.25, -0.2) is 18.6 Å². The molecule has 1 atom stereocenters. The van der Waals surface area contributed by atoms with E-state index in [0.29, 0.717) is 49.5 Å². The predicted octanol–water partition coefficient (Wildman–Crippen LogP) is 4.67. The number of amides is 2. The minimum Gasteiger partial charge on any atom is -0.465 e. The third-order valence-electron chi connectivity index (χ3n) is 6.01. The maximum Gasteiger partial charge on any atom is 0.409 e. The molecule has 10 nitrogen and oxygen atoms in total. The number of thiazole rings is 1. The maximum atomic E-state index is 14.3. The summed E-state index contributed by atoms with van der Waals surface area (Å²) in [6.45, 7) is -0.202. The lowest BCUT2D eigenvalue weighted by Crippen LogP contribution is -2.37. The van der Waals surface area contributed by atoms with E-state index >= 15 is 0 Å². The summed E-state index contributed by atoms with van der Waals surface area (Å²) in [4.78, 5) is 30.4. The van der Waals surface area contributed by atoms with Crippen LogP contribution in [0.15, 0.2) is 24.4 Å². The first-order valence-corrected chi connectivity index (χ1v) is 12.6. The van der Waals surface area contributed by atoms with Crippen molar-refractivity contribution in [2.45, 2.75) is 31.5 Å². The van der Waals surface area contributed by atoms with Crippen molar-refractivity contribution in [1.82, 2.24) is 20.1 Å². The van der Waals surface area contributed by atoms with Crippen LogP contribution in [0.3, 0.4) is 0 Å². The summed E-state index contributed by atoms with van der Waals surface area (Å²) in [7, 11) is 1.63. The van der Waals surface area contributed by atoms with Crippen molar-refractivity contribution in [3.8, 4) is 10.6 Å². The van der Waals surface area contributed by atoms with Crippen LogP contribution >= 0.6 is 11.3 Å². The van der Waals surface area contributed by atoms with E-state index in [1.54, 1.807) is 7.05 Å². The van der Waals surface area contributed by atoms with Crippen LogP contribution in [0.5, 0.6) is 0 Å². The van der Waals surface area contributed by atoms with Crippen LogP contribution in [0.1, 0.15) is 29.8 Å². The van der Waals surface area contributed by atoms with Crippen molar-refractivity contribution in [3.63, 3.8) is 0 Å². The van der Waals surface area contributed by atoms with Crippen molar-refractivity contribution in [2.24, 2.45) is 7.05 Å². The third-order valence-corrected chi connectivity index (χ3v) is 7.00. The van der Waals surface area contributed by atoms with E-state index in [-0.39, 0.29) is 21.7 Å². The summed E-state index contributed by atoms with van der Waals surface area (Å²) in [6.07, 6.45) is -2.91. The minimum atomic E-state index is -4.31. The Morgan fingerprint density at radius 2 is 1.87 bits per heavy atom. The topological polar surface area (TPSA) is 124 Å². The molecular formula is C23H24F5N7O3S. The number of hydrogen-bond donors (Lipinski definition) is 4. The zero-order chi connectivity index (χ0) is 28.3. The van der Waals surface area contributed by atoms with Gasteiger partial charge in [0.25, 0.3) is 5.91 Å². The van der Waals surface area contributed by atoms with Gasteiger partial charge in [0.2, 0.25) is 0 Å². The second-order valence-electron chi connectivity index (χ2n) is 8.79. The number of carbonyl (C=O) groups is 2. The number of benzene rings is 1. The van der Waals surface area contributed by atoms with E-state index < -0.39 is 47.6 Å². The quantitative estimate of drug-likeness (QED) is 0.303. The Hall–Kier alpha value is -3.79. The molecule has 0 aliphatic carbocycles. The number of aromatic nitrogens is 3. The van der Waals surface area contributed by atoms with Gasteiger partial charge in [0.1, 0.15) is 27.3 Å². The summed E-state index contributed by atoms with van der Waals surface area (Å²) >= 11 is 0.593. The summed E-state index contributed by atoms with van der Waals surface area (Å²) in [5.41, 5.74) is -0.658. The Kier molecular flexibility index (Phi) is 8.34. The Bertz CT molecular complexity index is 1340. The SMILES string of the molecule is Cn1ncc(NC(=O)c2nc(-c3c(F)cccc3F)sc2NC(=O)O)c1N1CCCC(NCC(F)(F)F)CC1. The van der Waals surface area contributed by atoms with Gasteiger partial charge in [-0.3, -0.25) is 14.8 Å². The third kappa shape index (κ3) is 6.81. The lowest BCUT2D eigenvalue weighted by molar-refractivity contribution is -0.126. The molecule has 1 aromatic carbocycles. The highest BCUT2D eigenvalue weighted by molar-refractivity contribution is 7.19. The summed E-state index contributed by atoms with van der Waals surface area (Å²) in [5.74, 6) is -2.23. The standard InChI is InChI=1S/C23H24F5N7O3S/c1-34-21(35-8-3-4-12(7-9-35)29-11-23(26,27)28)15(10-30-34)31-18(36)17-20(33-22(37)38)39-19(32-17)16-13(24)5-2-6-14(16)25/h2,5-6,10,12,29,33H,3-4,7-9,11H2,1H3,(H,31,36)(H,37,38). The zero-order valence-electron chi connectivity index (χ0n) is 20.5. The number of nitrogens with one attached hydrogen (secondary N) is 3. The summed E-state index contributed by atoms with van der Waals surface area (Å²) in [5, 5.41) is 20.1. The van der Waals surface area contributed by atoms with Gasteiger partial charge in [-0.05, 0) is 31.4 Å². The molecule has 210 valence electrons. The van der Waals surface area contributed by atoms with E-state index in [4.69, 9.17) is 0 Å². The smallest absolute Gasteiger partial charge is 0.409 e. The molecule has 0 saturated carbocycles. The molecule has 0 spiro atoms. The lowest BCUT2D eigenvalue weighted by Gasteiger charge is -2.24. The molecule has 1 saturated heterocycles. The highest BCUT2D eigenvalue weighted by Crippen LogP contribution is 2.36. The average molecular weight is 574 g/mol. The highest BCUT2D eigenvalue weighted by Gasteiger charge is 2.30. The number of carboxylic acid groups (broad SMARTS) is 1. The number of rotatable bonds is 7. The number of nitrogens with zero attached hydrogens (tertiary/aromatic N) is 4. The zero-order valence-corrected chi connectivity index (χ0v) is 21.3. The Balaban J connectivity index is 1.56. The number of hydrogen-bond acceptors (Lipinski definition) is 7. The van der Waals surface area contributed by atoms with Crippen LogP contribution in [0.2, 0.25) is 0 Å². The molecule has 1 unspecified atom stereocenters. The van der Waals surface area contributed by atoms with Crippen LogP contribution in [0.4, 0.5) is 43.3 Å². The number of carbonyl (C=O) groups excluding carboxylic acids is 1. The molecule has 1 aliphatic rings. The molecule has 4 rings (SSSR count). The Labute approximate surface area is 222 Å². The van der Waals surface area contributed by atoms with Gasteiger partial charge in [-0.1, -0.05) is 17.4 Å². The van der Waals surface area contributed by atoms with Gasteiger partial charge < -0.3 is 20.6 Å². The first-order valence-electron chi connectivity index (χ1n) is 11.8. The van der Waals surface area contributed by atoms with Crippen molar-refractivity contribution >= 4 is 39.8 Å². The Morgan fingerprint density at radius 1 is 1.15 bits per heavy atom. The number of alkyl halides is 3. The van der Waals surface area contributed by atoms with Crippen molar-refractivity contribution in [2.75, 3.05) is 35.2 Å². The van der Waals surface area contributed by atoms with Crippen LogP contribution in [-0.4, -0.2) is 63.7 Å². The molecule has 1 aliphatic heterocycles. The van der Waals surface area contributed by atoms with Gasteiger partial charge in [0.05, 0.1) is 18.3 Å². The number of halogens is 5. The fraction of sp³-hybridized carbons (Fsp3) is 0.391. The number of aryl methyl sites for hydroxylation is 1. The second kappa shape index (κ2) is 11.5. The molecule has 1 fully saturated rings. The largest absolute Gasteiger partial charge is 0.465 e. The van der Waals surface area contributed by atoms with Crippen LogP contribution < -0.4 is 20.9 Å². The van der Waals surface area contributed by atoms with Crippen LogP contribution in [0.25, 0.3) is 10.6 Å². The van der Waals surface area contributed by atoms with E-state index in [9.17, 15) is 36.6 Å². The molecule has 4 N–H and O–H groups in total. The van der Waals surface area contributed by atoms with Gasteiger partial charge in [0.15, 0.2) is 11.5 Å². The van der Waals surface area contributed by atoms with Gasteiger partial charge in [-0.2, -0.15) is 18.3 Å². The molecule has 2 amide bonds. The minimum absolute atomic E-state index is 0.239. The molecular weight excluding hydrogens is 549 g/mol. The van der Waals surface area contributed by atoms with Gasteiger partial charge >= 0.3 is 12.3 Å². The Morgan fingerprint density at radius 3 is 2.54 bits per heavy atom. The van der Waals surface area contributed by atoms with Crippen LogP contribution in [-0.2, 0) is 7.05 Å². The van der Waals surface area contributed by atoms with Crippen molar-refractivity contribution in [1.29, 1.82) is 0 Å². The van der Waals surface area contributed by atoms with Gasteiger partial charge in [0, 0.05) is 26.2 Å². The van der Waals surface area contributed by atoms with Crippen molar-refractivity contribution in [3.05, 3.63) is 41.7 Å².